The molecule has 1 heterocycles. The average molecular weight is 606 g/mol. The van der Waals surface area contributed by atoms with E-state index in [-0.39, 0.29) is 0 Å². The van der Waals surface area contributed by atoms with Gasteiger partial charge in [-0.15, -0.1) is 11.3 Å². The van der Waals surface area contributed by atoms with Gasteiger partial charge in [-0.1, -0.05) is 153 Å². The first-order valence-corrected chi connectivity index (χ1v) is 16.9. The molecule has 0 atom stereocenters. The first-order valence-electron chi connectivity index (χ1n) is 16.5. The number of rotatable bonds is 4. The molecule has 0 saturated heterocycles. The molecule has 0 nitrogen and oxygen atoms in total. The van der Waals surface area contributed by atoms with Crippen LogP contribution >= 0.6 is 11.3 Å². The van der Waals surface area contributed by atoms with Gasteiger partial charge in [0, 0.05) is 20.2 Å². The molecule has 0 saturated carbocycles. The summed E-state index contributed by atoms with van der Waals surface area (Å²) in [6.45, 7) is 4.59. The topological polar surface area (TPSA) is 0 Å². The third-order valence-corrected chi connectivity index (χ3v) is 10.8. The van der Waals surface area contributed by atoms with E-state index in [9.17, 15) is 0 Å². The van der Waals surface area contributed by atoms with Gasteiger partial charge in [-0.05, 0) is 89.3 Å². The Bertz CT molecular complexity index is 2620. The van der Waals surface area contributed by atoms with Crippen LogP contribution in [-0.2, 0) is 0 Å². The maximum Gasteiger partial charge on any atom is 0.0623 e. The second-order valence-corrected chi connectivity index (χ2v) is 13.6. The molecule has 0 fully saturated rings. The smallest absolute Gasteiger partial charge is 0.0623 e. The standard InChI is InChI=1S/C45H32S/c1-28(2)32-21-11-23-40-44-39(22-12-24-41(44)46-45(32)40)43-37-19-9-7-17-35(37)42(36-18-8-10-20-38(36)43)34-16-6-5-15-33(34)31-26-25-29-13-3-4-14-30(29)27-31/h3-28H,1-2H3/i3D. The fourth-order valence-electron chi connectivity index (χ4n) is 7.49. The van der Waals surface area contributed by atoms with E-state index in [4.69, 9.17) is 1.37 Å². The lowest BCUT2D eigenvalue weighted by Gasteiger charge is -2.20. The number of thiophene rings is 1. The summed E-state index contributed by atoms with van der Waals surface area (Å²) in [4.78, 5) is 0. The number of hydrogen-bond acceptors (Lipinski definition) is 1. The Morgan fingerprint density at radius 3 is 1.83 bits per heavy atom. The lowest BCUT2D eigenvalue weighted by atomic mass is 9.83. The van der Waals surface area contributed by atoms with E-state index in [2.05, 4.69) is 147 Å². The maximum atomic E-state index is 8.08. The summed E-state index contributed by atoms with van der Waals surface area (Å²) in [5.41, 5.74) is 8.90. The molecule has 218 valence electrons. The minimum absolute atomic E-state index is 0.467. The van der Waals surface area contributed by atoms with Crippen LogP contribution in [0.1, 0.15) is 26.7 Å². The van der Waals surface area contributed by atoms with Crippen molar-refractivity contribution in [3.8, 4) is 33.4 Å². The average Bonchev–Trinajstić information content (AvgIpc) is 3.50. The normalized spacial score (nSPS) is 12.2. The molecular formula is C45H32S. The predicted octanol–water partition coefficient (Wildman–Crippen LogP) is 13.6. The van der Waals surface area contributed by atoms with Crippen molar-refractivity contribution in [2.75, 3.05) is 0 Å². The van der Waals surface area contributed by atoms with Gasteiger partial charge in [0.25, 0.3) is 0 Å². The minimum atomic E-state index is 0.467. The second kappa shape index (κ2) is 10.7. The van der Waals surface area contributed by atoms with Gasteiger partial charge in [0.1, 0.15) is 0 Å². The summed E-state index contributed by atoms with van der Waals surface area (Å²) < 4.78 is 10.8. The van der Waals surface area contributed by atoms with E-state index in [1.807, 2.05) is 23.5 Å². The van der Waals surface area contributed by atoms with Crippen molar-refractivity contribution in [2.24, 2.45) is 0 Å². The van der Waals surface area contributed by atoms with Gasteiger partial charge in [0.05, 0.1) is 1.37 Å². The molecule has 8 aromatic carbocycles. The molecule has 0 aliphatic carbocycles. The number of fused-ring (bicyclic) bond motifs is 6. The van der Waals surface area contributed by atoms with Crippen LogP contribution in [0.25, 0.3) is 85.9 Å². The van der Waals surface area contributed by atoms with E-state index >= 15 is 0 Å². The summed E-state index contributed by atoms with van der Waals surface area (Å²) in [5.74, 6) is 0.467. The molecule has 1 heteroatoms. The van der Waals surface area contributed by atoms with E-state index in [0.29, 0.717) is 12.0 Å². The lowest BCUT2D eigenvalue weighted by Crippen LogP contribution is -1.93. The van der Waals surface area contributed by atoms with E-state index in [1.54, 1.807) is 0 Å². The Hall–Kier alpha value is -5.24. The number of benzene rings is 8. The predicted molar refractivity (Wildman–Crippen MR) is 202 cm³/mol. The summed E-state index contributed by atoms with van der Waals surface area (Å²) >= 11 is 1.93. The van der Waals surface area contributed by atoms with Crippen molar-refractivity contribution in [3.05, 3.63) is 157 Å². The highest BCUT2D eigenvalue weighted by atomic mass is 32.1. The van der Waals surface area contributed by atoms with E-state index in [1.165, 1.54) is 80.7 Å². The monoisotopic (exact) mass is 605 g/mol. The molecule has 0 bridgehead atoms. The first-order chi connectivity index (χ1) is 23.1. The zero-order valence-corrected chi connectivity index (χ0v) is 26.7. The summed E-state index contributed by atoms with van der Waals surface area (Å²) in [6, 6.07) is 53.5. The molecule has 46 heavy (non-hydrogen) atoms. The Kier molecular flexibility index (Phi) is 6.05. The van der Waals surface area contributed by atoms with Crippen LogP contribution in [0.3, 0.4) is 0 Å². The maximum absolute atomic E-state index is 8.08. The molecule has 9 aromatic rings. The van der Waals surface area contributed by atoms with E-state index in [0.717, 1.165) is 10.8 Å². The third kappa shape index (κ3) is 4.12. The Morgan fingerprint density at radius 2 is 1.11 bits per heavy atom. The quantitative estimate of drug-likeness (QED) is 0.175. The van der Waals surface area contributed by atoms with Crippen molar-refractivity contribution in [2.45, 2.75) is 19.8 Å². The van der Waals surface area contributed by atoms with Crippen LogP contribution in [0, 0.1) is 0 Å². The molecule has 0 radical (unpaired) electrons. The molecule has 0 amide bonds. The van der Waals surface area contributed by atoms with Crippen LogP contribution in [-0.4, -0.2) is 0 Å². The third-order valence-electron chi connectivity index (χ3n) is 9.57. The van der Waals surface area contributed by atoms with Crippen LogP contribution < -0.4 is 0 Å². The lowest BCUT2D eigenvalue weighted by molar-refractivity contribution is 0.878. The Balaban J connectivity index is 1.37. The highest BCUT2D eigenvalue weighted by molar-refractivity contribution is 7.26. The van der Waals surface area contributed by atoms with Crippen LogP contribution in [0.5, 0.6) is 0 Å². The zero-order chi connectivity index (χ0) is 31.6. The SMILES string of the molecule is [2H]c1ccc2cc(-c3ccccc3-c3c4ccccc4c(-c4cccc5sc6c(C(C)C)cccc6c45)c4ccccc34)ccc2c1. The first kappa shape index (κ1) is 26.0. The fraction of sp³-hybridized carbons (Fsp3) is 0.0667. The van der Waals surface area contributed by atoms with E-state index < -0.39 is 0 Å². The highest BCUT2D eigenvalue weighted by Gasteiger charge is 2.21. The summed E-state index contributed by atoms with van der Waals surface area (Å²) in [7, 11) is 0. The summed E-state index contributed by atoms with van der Waals surface area (Å²) in [5, 5.41) is 9.99. The van der Waals surface area contributed by atoms with Crippen molar-refractivity contribution in [3.63, 3.8) is 0 Å². The highest BCUT2D eigenvalue weighted by Crippen LogP contribution is 2.49. The van der Waals surface area contributed by atoms with Crippen molar-refractivity contribution in [1.29, 1.82) is 0 Å². The van der Waals surface area contributed by atoms with Gasteiger partial charge in [0.15, 0.2) is 0 Å². The van der Waals surface area contributed by atoms with Crippen LogP contribution in [0.4, 0.5) is 0 Å². The molecule has 0 aliphatic rings. The number of hydrogen-bond donors (Lipinski definition) is 0. The van der Waals surface area contributed by atoms with Crippen LogP contribution in [0.15, 0.2) is 152 Å². The molecule has 0 aliphatic heterocycles. The molecule has 0 N–H and O–H groups in total. The van der Waals surface area contributed by atoms with Crippen molar-refractivity contribution < 1.29 is 1.37 Å². The van der Waals surface area contributed by atoms with Gasteiger partial charge in [-0.2, -0.15) is 0 Å². The zero-order valence-electron chi connectivity index (χ0n) is 26.8. The second-order valence-electron chi connectivity index (χ2n) is 12.5. The van der Waals surface area contributed by atoms with Gasteiger partial charge < -0.3 is 0 Å². The van der Waals surface area contributed by atoms with Crippen molar-refractivity contribution >= 4 is 63.8 Å². The Morgan fingerprint density at radius 1 is 0.500 bits per heavy atom. The summed E-state index contributed by atoms with van der Waals surface area (Å²) in [6.07, 6.45) is 0. The molecule has 0 unspecified atom stereocenters. The largest absolute Gasteiger partial charge is 0.135 e. The molecule has 1 aromatic heterocycles. The van der Waals surface area contributed by atoms with Crippen LogP contribution in [0.2, 0.25) is 0 Å². The van der Waals surface area contributed by atoms with Gasteiger partial charge in [-0.3, -0.25) is 0 Å². The molecule has 0 spiro atoms. The minimum Gasteiger partial charge on any atom is -0.135 e. The van der Waals surface area contributed by atoms with Gasteiger partial charge in [0.2, 0.25) is 0 Å². The molecule has 9 rings (SSSR count). The van der Waals surface area contributed by atoms with Crippen molar-refractivity contribution in [1.82, 2.24) is 0 Å². The van der Waals surface area contributed by atoms with Gasteiger partial charge in [-0.25, -0.2) is 0 Å². The Labute approximate surface area is 274 Å². The fourth-order valence-corrected chi connectivity index (χ4v) is 8.88. The molecular weight excluding hydrogens is 573 g/mol. The van der Waals surface area contributed by atoms with Gasteiger partial charge >= 0.3 is 0 Å².